The Balaban J connectivity index is 1.54. The number of rotatable bonds is 3. The molecule has 4 rings (SSSR count). The average Bonchev–Trinajstić information content (AvgIpc) is 3.06. The van der Waals surface area contributed by atoms with Gasteiger partial charge in [-0.1, -0.05) is 12.1 Å². The molecule has 1 atom stereocenters. The van der Waals surface area contributed by atoms with Crippen LogP contribution < -0.4 is 5.43 Å². The lowest BCUT2D eigenvalue weighted by Crippen LogP contribution is -2.40. The Bertz CT molecular complexity index is 1000. The minimum absolute atomic E-state index is 0.118. The number of para-hydroxylation sites is 1. The minimum atomic E-state index is -0.209. The molecular formula is C20H21N3O3. The van der Waals surface area contributed by atoms with E-state index in [9.17, 15) is 9.59 Å². The molecule has 1 unspecified atom stereocenters. The summed E-state index contributed by atoms with van der Waals surface area (Å²) in [5.74, 6) is 0.282. The number of nitrogens with one attached hydrogen (secondary N) is 1. The standard InChI is InChI=1S/C20H21N3O3/c1-13-11-21-22-16(13)9-14-5-4-8-23(12-14)20(25)19-10-17(24)15-6-2-3-7-18(15)26-19/h2-3,6-7,10-11,14H,4-5,8-9,12H2,1H3,(H,21,22). The van der Waals surface area contributed by atoms with Crippen LogP contribution in [0.25, 0.3) is 11.0 Å². The Morgan fingerprint density at radius 2 is 2.23 bits per heavy atom. The quantitative estimate of drug-likeness (QED) is 0.787. The molecule has 1 aliphatic rings. The molecule has 3 heterocycles. The summed E-state index contributed by atoms with van der Waals surface area (Å²) in [4.78, 5) is 26.9. The van der Waals surface area contributed by atoms with Gasteiger partial charge in [0.2, 0.25) is 0 Å². The van der Waals surface area contributed by atoms with E-state index in [1.165, 1.54) is 6.07 Å². The summed E-state index contributed by atoms with van der Waals surface area (Å²) in [5, 5.41) is 7.61. The monoisotopic (exact) mass is 351 g/mol. The molecule has 0 bridgehead atoms. The van der Waals surface area contributed by atoms with Crippen LogP contribution in [0.4, 0.5) is 0 Å². The molecule has 1 amide bonds. The summed E-state index contributed by atoms with van der Waals surface area (Å²) >= 11 is 0. The normalized spacial score (nSPS) is 17.6. The van der Waals surface area contributed by atoms with E-state index >= 15 is 0 Å². The highest BCUT2D eigenvalue weighted by Gasteiger charge is 2.27. The molecule has 0 radical (unpaired) electrons. The number of H-pyrrole nitrogens is 1. The number of benzene rings is 1. The highest BCUT2D eigenvalue weighted by molar-refractivity contribution is 5.93. The lowest BCUT2D eigenvalue weighted by atomic mass is 9.92. The first-order chi connectivity index (χ1) is 12.6. The average molecular weight is 351 g/mol. The predicted molar refractivity (Wildman–Crippen MR) is 98.1 cm³/mol. The van der Waals surface area contributed by atoms with Gasteiger partial charge in [-0.25, -0.2) is 0 Å². The van der Waals surface area contributed by atoms with Gasteiger partial charge in [0.25, 0.3) is 5.91 Å². The third-order valence-corrected chi connectivity index (χ3v) is 5.08. The van der Waals surface area contributed by atoms with E-state index in [4.69, 9.17) is 4.42 Å². The molecule has 1 saturated heterocycles. The molecule has 3 aromatic rings. The van der Waals surface area contributed by atoms with Crippen molar-refractivity contribution in [3.8, 4) is 0 Å². The third-order valence-electron chi connectivity index (χ3n) is 5.08. The predicted octanol–water partition coefficient (Wildman–Crippen LogP) is 2.92. The zero-order valence-corrected chi connectivity index (χ0v) is 14.7. The second kappa shape index (κ2) is 6.78. The van der Waals surface area contributed by atoms with Crippen molar-refractivity contribution in [3.05, 3.63) is 63.8 Å². The highest BCUT2D eigenvalue weighted by atomic mass is 16.3. The van der Waals surface area contributed by atoms with Crippen LogP contribution in [0, 0.1) is 12.8 Å². The summed E-state index contributed by atoms with van der Waals surface area (Å²) in [6.07, 6.45) is 4.72. The van der Waals surface area contributed by atoms with Crippen LogP contribution in [0.1, 0.15) is 34.7 Å². The maximum atomic E-state index is 12.9. The molecule has 2 aromatic heterocycles. The maximum Gasteiger partial charge on any atom is 0.289 e. The number of carbonyl (C=O) groups excluding carboxylic acids is 1. The van der Waals surface area contributed by atoms with Crippen molar-refractivity contribution in [2.75, 3.05) is 13.1 Å². The van der Waals surface area contributed by atoms with Crippen LogP contribution in [0.5, 0.6) is 0 Å². The van der Waals surface area contributed by atoms with E-state index < -0.39 is 0 Å². The number of aromatic amines is 1. The second-order valence-corrected chi connectivity index (χ2v) is 6.97. The van der Waals surface area contributed by atoms with Crippen LogP contribution in [-0.2, 0) is 6.42 Å². The van der Waals surface area contributed by atoms with Crippen molar-refractivity contribution in [2.45, 2.75) is 26.2 Å². The largest absolute Gasteiger partial charge is 0.451 e. The van der Waals surface area contributed by atoms with Gasteiger partial charge in [-0.15, -0.1) is 0 Å². The zero-order chi connectivity index (χ0) is 18.1. The Labute approximate surface area is 150 Å². The Hall–Kier alpha value is -2.89. The van der Waals surface area contributed by atoms with Crippen LogP contribution in [0.2, 0.25) is 0 Å². The van der Waals surface area contributed by atoms with Gasteiger partial charge in [-0.3, -0.25) is 14.7 Å². The summed E-state index contributed by atoms with van der Waals surface area (Å²) in [5.41, 5.74) is 2.54. The van der Waals surface area contributed by atoms with Gasteiger partial charge in [0.15, 0.2) is 11.2 Å². The maximum absolute atomic E-state index is 12.9. The van der Waals surface area contributed by atoms with Gasteiger partial charge in [0.1, 0.15) is 5.58 Å². The number of aromatic nitrogens is 2. The number of piperidine rings is 1. The van der Waals surface area contributed by atoms with Gasteiger partial charge >= 0.3 is 0 Å². The lowest BCUT2D eigenvalue weighted by Gasteiger charge is -2.32. The first kappa shape index (κ1) is 16.6. The molecular weight excluding hydrogens is 330 g/mol. The van der Waals surface area contributed by atoms with Crippen LogP contribution >= 0.6 is 0 Å². The fourth-order valence-corrected chi connectivity index (χ4v) is 3.65. The van der Waals surface area contributed by atoms with Crippen molar-refractivity contribution in [1.29, 1.82) is 0 Å². The van der Waals surface area contributed by atoms with Gasteiger partial charge < -0.3 is 9.32 Å². The molecule has 0 aliphatic carbocycles. The van der Waals surface area contributed by atoms with Crippen molar-refractivity contribution >= 4 is 16.9 Å². The summed E-state index contributed by atoms with van der Waals surface area (Å²) in [6, 6.07) is 8.32. The van der Waals surface area contributed by atoms with Gasteiger partial charge in [-0.05, 0) is 49.8 Å². The Kier molecular flexibility index (Phi) is 4.32. The topological polar surface area (TPSA) is 79.2 Å². The highest BCUT2D eigenvalue weighted by Crippen LogP contribution is 2.23. The lowest BCUT2D eigenvalue weighted by molar-refractivity contribution is 0.0641. The van der Waals surface area contributed by atoms with Gasteiger partial charge in [-0.2, -0.15) is 5.10 Å². The summed E-state index contributed by atoms with van der Waals surface area (Å²) in [7, 11) is 0. The van der Waals surface area contributed by atoms with Gasteiger partial charge in [0, 0.05) is 24.8 Å². The smallest absolute Gasteiger partial charge is 0.289 e. The number of nitrogens with zero attached hydrogens (tertiary/aromatic N) is 2. The van der Waals surface area contributed by atoms with Crippen LogP contribution in [0.3, 0.4) is 0 Å². The van der Waals surface area contributed by atoms with E-state index in [1.54, 1.807) is 29.2 Å². The van der Waals surface area contributed by atoms with Gasteiger partial charge in [0.05, 0.1) is 11.6 Å². The van der Waals surface area contributed by atoms with Crippen LogP contribution in [0.15, 0.2) is 45.7 Å². The van der Waals surface area contributed by atoms with Crippen molar-refractivity contribution in [2.24, 2.45) is 5.92 Å². The number of hydrogen-bond acceptors (Lipinski definition) is 4. The number of carbonyl (C=O) groups is 1. The van der Waals surface area contributed by atoms with Crippen LogP contribution in [-0.4, -0.2) is 34.1 Å². The number of likely N-dealkylation sites (tertiary alicyclic amines) is 1. The first-order valence-corrected chi connectivity index (χ1v) is 8.93. The molecule has 6 heteroatoms. The van der Waals surface area contributed by atoms with E-state index in [0.29, 0.717) is 30.0 Å². The Morgan fingerprint density at radius 3 is 3.04 bits per heavy atom. The van der Waals surface area contributed by atoms with E-state index in [2.05, 4.69) is 10.2 Å². The molecule has 1 aliphatic heterocycles. The number of amides is 1. The third kappa shape index (κ3) is 3.14. The molecule has 6 nitrogen and oxygen atoms in total. The number of hydrogen-bond donors (Lipinski definition) is 1. The first-order valence-electron chi connectivity index (χ1n) is 8.93. The molecule has 26 heavy (non-hydrogen) atoms. The SMILES string of the molecule is Cc1cn[nH]c1CC1CCCN(C(=O)c2cc(=O)c3ccccc3o2)C1. The number of aryl methyl sites for hydroxylation is 1. The molecule has 0 spiro atoms. The molecule has 1 aromatic carbocycles. The molecule has 1 fully saturated rings. The number of fused-ring (bicyclic) bond motifs is 1. The van der Waals surface area contributed by atoms with E-state index in [0.717, 1.165) is 30.5 Å². The van der Waals surface area contributed by atoms with Crippen molar-refractivity contribution < 1.29 is 9.21 Å². The summed E-state index contributed by atoms with van der Waals surface area (Å²) in [6.45, 7) is 3.38. The molecule has 1 N–H and O–H groups in total. The van der Waals surface area contributed by atoms with E-state index in [-0.39, 0.29) is 17.1 Å². The zero-order valence-electron chi connectivity index (χ0n) is 14.7. The van der Waals surface area contributed by atoms with E-state index in [1.807, 2.05) is 13.1 Å². The van der Waals surface area contributed by atoms with Crippen molar-refractivity contribution in [3.63, 3.8) is 0 Å². The molecule has 0 saturated carbocycles. The minimum Gasteiger partial charge on any atom is -0.451 e. The fraction of sp³-hybridized carbons (Fsp3) is 0.350. The molecule has 134 valence electrons. The Morgan fingerprint density at radius 1 is 1.38 bits per heavy atom. The second-order valence-electron chi connectivity index (χ2n) is 6.97. The fourth-order valence-electron chi connectivity index (χ4n) is 3.65. The van der Waals surface area contributed by atoms with Crippen molar-refractivity contribution in [1.82, 2.24) is 15.1 Å². The summed E-state index contributed by atoms with van der Waals surface area (Å²) < 4.78 is 5.71.